The Morgan fingerprint density at radius 1 is 1.37 bits per heavy atom. The van der Waals surface area contributed by atoms with E-state index in [1.54, 1.807) is 24.3 Å². The average Bonchev–Trinajstić information content (AvgIpc) is 3.17. The van der Waals surface area contributed by atoms with Crippen molar-refractivity contribution in [1.82, 2.24) is 15.5 Å². The third-order valence-corrected chi connectivity index (χ3v) is 3.27. The van der Waals surface area contributed by atoms with Crippen LogP contribution in [0.25, 0.3) is 10.9 Å². The fourth-order valence-electron chi connectivity index (χ4n) is 2.09. The van der Waals surface area contributed by atoms with Gasteiger partial charge in [0.2, 0.25) is 6.43 Å². The van der Waals surface area contributed by atoms with Gasteiger partial charge in [-0.1, -0.05) is 18.2 Å². The summed E-state index contributed by atoms with van der Waals surface area (Å²) in [6.45, 7) is 0. The smallest absolute Gasteiger partial charge is 0.253 e. The van der Waals surface area contributed by atoms with Gasteiger partial charge in [0.05, 0.1) is 17.3 Å². The number of alkyl halides is 2. The Labute approximate surface area is 107 Å². The molecular weight excluding hydrogens is 252 g/mol. The first-order chi connectivity index (χ1) is 9.16. The lowest BCUT2D eigenvalue weighted by Gasteiger charge is -2.06. The topological polar surface area (TPSA) is 54.9 Å². The molecule has 0 unspecified atom stereocenters. The third-order valence-electron chi connectivity index (χ3n) is 3.27. The number of amides is 1. The van der Waals surface area contributed by atoms with Crippen molar-refractivity contribution in [3.8, 4) is 0 Å². The van der Waals surface area contributed by atoms with Crippen LogP contribution in [0.15, 0.2) is 30.5 Å². The normalized spacial score (nSPS) is 21.6. The van der Waals surface area contributed by atoms with Gasteiger partial charge in [-0.15, -0.1) is 0 Å². The Balaban J connectivity index is 1.83. The van der Waals surface area contributed by atoms with E-state index in [-0.39, 0.29) is 5.91 Å². The molecule has 1 aromatic carbocycles. The summed E-state index contributed by atoms with van der Waals surface area (Å²) in [5.74, 6) is -1.09. The molecule has 0 saturated heterocycles. The Morgan fingerprint density at radius 3 is 2.89 bits per heavy atom. The minimum Gasteiger partial charge on any atom is -0.349 e. The Morgan fingerprint density at radius 2 is 2.16 bits per heavy atom. The molecule has 2 aromatic rings. The van der Waals surface area contributed by atoms with Gasteiger partial charge in [-0.25, -0.2) is 8.78 Å². The van der Waals surface area contributed by atoms with Crippen LogP contribution in [0.3, 0.4) is 0 Å². The number of hydrogen-bond acceptors (Lipinski definition) is 3. The first kappa shape index (κ1) is 12.0. The molecule has 1 amide bonds. The van der Waals surface area contributed by atoms with E-state index in [1.165, 1.54) is 6.20 Å². The summed E-state index contributed by atoms with van der Waals surface area (Å²) in [5.41, 5.74) is 0.974. The van der Waals surface area contributed by atoms with Crippen molar-refractivity contribution in [3.05, 3.63) is 36.0 Å². The van der Waals surface area contributed by atoms with Gasteiger partial charge in [0, 0.05) is 17.3 Å². The zero-order chi connectivity index (χ0) is 13.4. The number of aromatic nitrogens is 2. The van der Waals surface area contributed by atoms with Crippen molar-refractivity contribution in [2.24, 2.45) is 5.92 Å². The van der Waals surface area contributed by atoms with Crippen LogP contribution in [0, 0.1) is 5.92 Å². The second-order valence-electron chi connectivity index (χ2n) is 4.59. The predicted molar refractivity (Wildman–Crippen MR) is 64.9 cm³/mol. The second-order valence-corrected chi connectivity index (χ2v) is 4.59. The molecule has 1 fully saturated rings. The maximum absolute atomic E-state index is 12.4. The summed E-state index contributed by atoms with van der Waals surface area (Å²) >= 11 is 0. The molecule has 0 bridgehead atoms. The standard InChI is InChI=1S/C13H11F2N3O/c14-12(15)8-5-11(8)17-13(19)9-6-16-18-10-4-2-1-3-7(9)10/h1-4,6,8,11-12H,5H2,(H,17,19)/t8-,11-/m0/s1. The molecule has 0 spiro atoms. The summed E-state index contributed by atoms with van der Waals surface area (Å²) in [6.07, 6.45) is -0.685. The monoisotopic (exact) mass is 263 g/mol. The van der Waals surface area contributed by atoms with Crippen molar-refractivity contribution >= 4 is 16.8 Å². The van der Waals surface area contributed by atoms with Gasteiger partial charge < -0.3 is 5.32 Å². The summed E-state index contributed by atoms with van der Waals surface area (Å²) in [5, 5.41) is 10.9. The van der Waals surface area contributed by atoms with Gasteiger partial charge in [0.15, 0.2) is 0 Å². The molecule has 6 heteroatoms. The number of hydrogen-bond donors (Lipinski definition) is 1. The van der Waals surface area contributed by atoms with Crippen LogP contribution in [-0.2, 0) is 0 Å². The molecule has 3 rings (SSSR count). The number of halogens is 2. The third kappa shape index (κ3) is 2.25. The number of nitrogens with zero attached hydrogens (tertiary/aromatic N) is 2. The molecule has 1 aliphatic rings. The van der Waals surface area contributed by atoms with Crippen LogP contribution in [0.2, 0.25) is 0 Å². The lowest BCUT2D eigenvalue weighted by atomic mass is 10.1. The number of carbonyl (C=O) groups is 1. The SMILES string of the molecule is O=C(N[C@H]1C[C@@H]1C(F)F)c1cnnc2ccccc12. The quantitative estimate of drug-likeness (QED) is 0.921. The highest BCUT2D eigenvalue weighted by Crippen LogP contribution is 2.36. The molecular formula is C13H11F2N3O. The molecule has 1 heterocycles. The summed E-state index contributed by atoms with van der Waals surface area (Å²) in [6, 6.07) is 6.67. The highest BCUT2D eigenvalue weighted by atomic mass is 19.3. The first-order valence-electron chi connectivity index (χ1n) is 5.96. The number of rotatable bonds is 3. The van der Waals surface area contributed by atoms with E-state index in [1.807, 2.05) is 0 Å². The van der Waals surface area contributed by atoms with E-state index in [0.717, 1.165) is 0 Å². The van der Waals surface area contributed by atoms with Crippen LogP contribution < -0.4 is 5.32 Å². The van der Waals surface area contributed by atoms with Gasteiger partial charge in [0.25, 0.3) is 5.91 Å². The predicted octanol–water partition coefficient (Wildman–Crippen LogP) is 2.01. The Kier molecular flexibility index (Phi) is 2.85. The molecule has 1 saturated carbocycles. The van der Waals surface area contributed by atoms with Gasteiger partial charge in [-0.3, -0.25) is 4.79 Å². The van der Waals surface area contributed by atoms with E-state index in [9.17, 15) is 13.6 Å². The van der Waals surface area contributed by atoms with Crippen LogP contribution >= 0.6 is 0 Å². The number of fused-ring (bicyclic) bond motifs is 1. The van der Waals surface area contributed by atoms with Gasteiger partial charge >= 0.3 is 0 Å². The molecule has 98 valence electrons. The number of benzene rings is 1. The van der Waals surface area contributed by atoms with E-state index >= 15 is 0 Å². The van der Waals surface area contributed by atoms with Crippen LogP contribution in [0.5, 0.6) is 0 Å². The molecule has 0 radical (unpaired) electrons. The lowest BCUT2D eigenvalue weighted by Crippen LogP contribution is -2.28. The van der Waals surface area contributed by atoms with Crippen molar-refractivity contribution < 1.29 is 13.6 Å². The summed E-state index contributed by atoms with van der Waals surface area (Å²) in [4.78, 5) is 12.1. The molecule has 1 aromatic heterocycles. The largest absolute Gasteiger partial charge is 0.349 e. The molecule has 0 aliphatic heterocycles. The second kappa shape index (κ2) is 4.53. The highest BCUT2D eigenvalue weighted by molar-refractivity contribution is 6.05. The minimum absolute atomic E-state index is 0.333. The number of carbonyl (C=O) groups excluding carboxylic acids is 1. The van der Waals surface area contributed by atoms with Gasteiger partial charge in [-0.2, -0.15) is 10.2 Å². The minimum atomic E-state index is -2.38. The molecule has 19 heavy (non-hydrogen) atoms. The fourth-order valence-corrected chi connectivity index (χ4v) is 2.09. The highest BCUT2D eigenvalue weighted by Gasteiger charge is 2.45. The van der Waals surface area contributed by atoms with Gasteiger partial charge in [-0.05, 0) is 12.5 Å². The van der Waals surface area contributed by atoms with Gasteiger partial charge in [0.1, 0.15) is 0 Å². The Hall–Kier alpha value is -2.11. The first-order valence-corrected chi connectivity index (χ1v) is 5.96. The van der Waals surface area contributed by atoms with Crippen molar-refractivity contribution in [3.63, 3.8) is 0 Å². The van der Waals surface area contributed by atoms with Crippen molar-refractivity contribution in [2.75, 3.05) is 0 Å². The van der Waals surface area contributed by atoms with E-state index in [0.29, 0.717) is 22.9 Å². The molecule has 2 atom stereocenters. The lowest BCUT2D eigenvalue weighted by molar-refractivity contribution is 0.0927. The van der Waals surface area contributed by atoms with E-state index in [4.69, 9.17) is 0 Å². The van der Waals surface area contributed by atoms with Crippen LogP contribution in [0.1, 0.15) is 16.8 Å². The summed E-state index contributed by atoms with van der Waals surface area (Å²) < 4.78 is 24.8. The maximum atomic E-state index is 12.4. The zero-order valence-corrected chi connectivity index (χ0v) is 9.88. The molecule has 1 N–H and O–H groups in total. The van der Waals surface area contributed by atoms with Crippen LogP contribution in [0.4, 0.5) is 8.78 Å². The van der Waals surface area contributed by atoms with Crippen molar-refractivity contribution in [2.45, 2.75) is 18.9 Å². The average molecular weight is 263 g/mol. The molecule has 4 nitrogen and oxygen atoms in total. The fraction of sp³-hybridized carbons (Fsp3) is 0.308. The molecule has 1 aliphatic carbocycles. The summed E-state index contributed by atoms with van der Waals surface area (Å²) in [7, 11) is 0. The van der Waals surface area contributed by atoms with Crippen LogP contribution in [-0.4, -0.2) is 28.6 Å². The number of nitrogens with one attached hydrogen (secondary N) is 1. The van der Waals surface area contributed by atoms with E-state index < -0.39 is 18.4 Å². The zero-order valence-electron chi connectivity index (χ0n) is 9.88. The van der Waals surface area contributed by atoms with Crippen molar-refractivity contribution in [1.29, 1.82) is 0 Å². The Bertz CT molecular complexity index is 627. The maximum Gasteiger partial charge on any atom is 0.253 e. The van der Waals surface area contributed by atoms with E-state index in [2.05, 4.69) is 15.5 Å².